The van der Waals surface area contributed by atoms with Gasteiger partial charge in [0.05, 0.1) is 0 Å². The molecule has 0 aromatic heterocycles. The molecule has 0 bridgehead atoms. The van der Waals surface area contributed by atoms with Crippen LogP contribution in [-0.2, 0) is 9.59 Å². The molecule has 4 nitrogen and oxygen atoms in total. The molecule has 1 unspecified atom stereocenters. The second-order valence-corrected chi connectivity index (χ2v) is 6.37. The lowest BCUT2D eigenvalue weighted by Crippen LogP contribution is -2.54. The van der Waals surface area contributed by atoms with E-state index >= 15 is 0 Å². The Balaban J connectivity index is 1.89. The average Bonchev–Trinajstić information content (AvgIpc) is 3.00. The molecule has 4 heteroatoms. The Hall–Kier alpha value is -1.06. The lowest BCUT2D eigenvalue weighted by atomic mass is 9.91. The molecule has 0 saturated heterocycles. The Morgan fingerprint density at radius 3 is 2.32 bits per heavy atom. The van der Waals surface area contributed by atoms with E-state index in [1.165, 1.54) is 25.7 Å². The lowest BCUT2D eigenvalue weighted by Gasteiger charge is -2.27. The highest BCUT2D eigenvalue weighted by Crippen LogP contribution is 2.32. The molecule has 2 aliphatic rings. The highest BCUT2D eigenvalue weighted by molar-refractivity contribution is 5.88. The summed E-state index contributed by atoms with van der Waals surface area (Å²) in [5.74, 6) is -0.354. The number of carboxylic acid groups (broad SMARTS) is 1. The lowest BCUT2D eigenvalue weighted by molar-refractivity contribution is -0.148. The zero-order valence-electron chi connectivity index (χ0n) is 11.8. The van der Waals surface area contributed by atoms with E-state index in [1.54, 1.807) is 0 Å². The van der Waals surface area contributed by atoms with Gasteiger partial charge < -0.3 is 10.4 Å². The van der Waals surface area contributed by atoms with E-state index in [0.717, 1.165) is 19.3 Å². The van der Waals surface area contributed by atoms with Crippen LogP contribution in [0.15, 0.2) is 0 Å². The van der Waals surface area contributed by atoms with Gasteiger partial charge in [-0.3, -0.25) is 4.79 Å². The summed E-state index contributed by atoms with van der Waals surface area (Å²) >= 11 is 0. The topological polar surface area (TPSA) is 66.4 Å². The number of rotatable bonds is 5. The fraction of sp³-hybridized carbons (Fsp3) is 0.867. The minimum absolute atomic E-state index is 0.0695. The number of carbonyl (C=O) groups is 2. The second-order valence-electron chi connectivity index (χ2n) is 6.37. The third-order valence-corrected chi connectivity index (χ3v) is 4.84. The Bertz CT molecular complexity index is 341. The summed E-state index contributed by atoms with van der Waals surface area (Å²) in [4.78, 5) is 23.6. The third-order valence-electron chi connectivity index (χ3n) is 4.84. The summed E-state index contributed by atoms with van der Waals surface area (Å²) in [6.45, 7) is 1.93. The zero-order chi connectivity index (χ0) is 13.9. The Morgan fingerprint density at radius 1 is 1.21 bits per heavy atom. The SMILES string of the molecule is CC(CC1CCCC1)C(=O)NC1(C(=O)O)CCCC1. The number of nitrogens with one attached hydrogen (secondary N) is 1. The van der Waals surface area contributed by atoms with E-state index in [2.05, 4.69) is 5.32 Å². The minimum Gasteiger partial charge on any atom is -0.480 e. The van der Waals surface area contributed by atoms with Gasteiger partial charge in [-0.15, -0.1) is 0 Å². The molecule has 0 aromatic rings. The molecule has 19 heavy (non-hydrogen) atoms. The van der Waals surface area contributed by atoms with E-state index in [0.29, 0.717) is 18.8 Å². The first-order valence-corrected chi connectivity index (χ1v) is 7.59. The average molecular weight is 267 g/mol. The van der Waals surface area contributed by atoms with E-state index < -0.39 is 11.5 Å². The minimum atomic E-state index is -0.985. The van der Waals surface area contributed by atoms with Crippen molar-refractivity contribution in [2.45, 2.75) is 70.3 Å². The molecular formula is C15H25NO3. The van der Waals surface area contributed by atoms with E-state index in [4.69, 9.17) is 0 Å². The molecule has 108 valence electrons. The fourth-order valence-corrected chi connectivity index (χ4v) is 3.58. The summed E-state index contributed by atoms with van der Waals surface area (Å²) in [5, 5.41) is 12.2. The summed E-state index contributed by atoms with van der Waals surface area (Å²) in [6.07, 6.45) is 8.84. The Morgan fingerprint density at radius 2 is 1.79 bits per heavy atom. The van der Waals surface area contributed by atoms with Crippen LogP contribution < -0.4 is 5.32 Å². The van der Waals surface area contributed by atoms with Crippen LogP contribution in [0.5, 0.6) is 0 Å². The monoisotopic (exact) mass is 267 g/mol. The maximum atomic E-state index is 12.2. The molecule has 0 aromatic carbocycles. The van der Waals surface area contributed by atoms with Crippen LogP contribution in [0, 0.1) is 11.8 Å². The number of hydrogen-bond acceptors (Lipinski definition) is 2. The first kappa shape index (κ1) is 14.4. The zero-order valence-corrected chi connectivity index (χ0v) is 11.8. The van der Waals surface area contributed by atoms with Crippen LogP contribution in [0.3, 0.4) is 0 Å². The van der Waals surface area contributed by atoms with Crippen molar-refractivity contribution >= 4 is 11.9 Å². The van der Waals surface area contributed by atoms with Crippen LogP contribution in [0.25, 0.3) is 0 Å². The predicted octanol–water partition coefficient (Wildman–Crippen LogP) is 2.72. The number of aliphatic carboxylic acids is 1. The van der Waals surface area contributed by atoms with Crippen molar-refractivity contribution in [3.05, 3.63) is 0 Å². The van der Waals surface area contributed by atoms with Gasteiger partial charge in [0, 0.05) is 5.92 Å². The molecule has 2 N–H and O–H groups in total. The Labute approximate surface area is 115 Å². The largest absolute Gasteiger partial charge is 0.480 e. The standard InChI is InChI=1S/C15H25NO3/c1-11(10-12-6-2-3-7-12)13(17)16-15(14(18)19)8-4-5-9-15/h11-12H,2-10H2,1H3,(H,16,17)(H,18,19). The molecule has 2 fully saturated rings. The van der Waals surface area contributed by atoms with Crippen molar-refractivity contribution in [1.82, 2.24) is 5.32 Å². The van der Waals surface area contributed by atoms with Gasteiger partial charge in [-0.05, 0) is 25.2 Å². The first-order valence-electron chi connectivity index (χ1n) is 7.59. The van der Waals surface area contributed by atoms with Crippen LogP contribution in [0.1, 0.15) is 64.7 Å². The Kier molecular flexibility index (Phi) is 4.48. The molecular weight excluding hydrogens is 242 g/mol. The summed E-state index contributed by atoms with van der Waals surface area (Å²) in [5.41, 5.74) is -0.985. The predicted molar refractivity (Wildman–Crippen MR) is 72.7 cm³/mol. The first-order chi connectivity index (χ1) is 9.03. The second kappa shape index (κ2) is 5.93. The highest BCUT2D eigenvalue weighted by atomic mass is 16.4. The van der Waals surface area contributed by atoms with Gasteiger partial charge in [-0.1, -0.05) is 45.4 Å². The van der Waals surface area contributed by atoms with Gasteiger partial charge in [0.15, 0.2) is 0 Å². The van der Waals surface area contributed by atoms with Crippen LogP contribution in [-0.4, -0.2) is 22.5 Å². The van der Waals surface area contributed by atoms with Crippen LogP contribution in [0.4, 0.5) is 0 Å². The van der Waals surface area contributed by atoms with Gasteiger partial charge >= 0.3 is 5.97 Å². The number of hydrogen-bond donors (Lipinski definition) is 2. The molecule has 1 amide bonds. The maximum Gasteiger partial charge on any atom is 0.329 e. The van der Waals surface area contributed by atoms with Crippen LogP contribution >= 0.6 is 0 Å². The molecule has 2 aliphatic carbocycles. The van der Waals surface area contributed by atoms with Crippen molar-refractivity contribution in [2.24, 2.45) is 11.8 Å². The van der Waals surface area contributed by atoms with Gasteiger partial charge in [0.25, 0.3) is 0 Å². The molecule has 1 atom stereocenters. The van der Waals surface area contributed by atoms with Crippen molar-refractivity contribution in [1.29, 1.82) is 0 Å². The maximum absolute atomic E-state index is 12.2. The van der Waals surface area contributed by atoms with Crippen molar-refractivity contribution in [3.63, 3.8) is 0 Å². The van der Waals surface area contributed by atoms with Crippen molar-refractivity contribution < 1.29 is 14.7 Å². The van der Waals surface area contributed by atoms with E-state index in [1.807, 2.05) is 6.92 Å². The molecule has 0 aliphatic heterocycles. The van der Waals surface area contributed by atoms with E-state index in [9.17, 15) is 14.7 Å². The smallest absolute Gasteiger partial charge is 0.329 e. The molecule has 0 heterocycles. The number of carboxylic acids is 1. The van der Waals surface area contributed by atoms with Crippen LogP contribution in [0.2, 0.25) is 0 Å². The number of amides is 1. The van der Waals surface area contributed by atoms with Gasteiger partial charge in [-0.25, -0.2) is 4.79 Å². The van der Waals surface area contributed by atoms with Gasteiger partial charge in [0.1, 0.15) is 5.54 Å². The number of carbonyl (C=O) groups excluding carboxylic acids is 1. The molecule has 2 saturated carbocycles. The quantitative estimate of drug-likeness (QED) is 0.805. The molecule has 2 rings (SSSR count). The summed E-state index contributed by atoms with van der Waals surface area (Å²) < 4.78 is 0. The highest BCUT2D eigenvalue weighted by Gasteiger charge is 2.43. The fourth-order valence-electron chi connectivity index (χ4n) is 3.58. The van der Waals surface area contributed by atoms with Gasteiger partial charge in [-0.2, -0.15) is 0 Å². The van der Waals surface area contributed by atoms with Gasteiger partial charge in [0.2, 0.25) is 5.91 Å². The summed E-state index contributed by atoms with van der Waals surface area (Å²) in [7, 11) is 0. The van der Waals surface area contributed by atoms with Crippen molar-refractivity contribution in [3.8, 4) is 0 Å². The summed E-state index contributed by atoms with van der Waals surface area (Å²) in [6, 6.07) is 0. The van der Waals surface area contributed by atoms with E-state index in [-0.39, 0.29) is 11.8 Å². The molecule has 0 spiro atoms. The normalized spacial score (nSPS) is 24.3. The van der Waals surface area contributed by atoms with Crippen molar-refractivity contribution in [2.75, 3.05) is 0 Å². The molecule has 0 radical (unpaired) electrons. The third kappa shape index (κ3) is 3.28.